The monoisotopic (exact) mass is 584 g/mol. The summed E-state index contributed by atoms with van der Waals surface area (Å²) in [5.41, 5.74) is 10.8. The number of anilines is 1. The number of aromatic nitrogens is 1. The SMILES string of the molecule is CN(C1CC1)S(=O)(=O)c1ccc(-c2cnc(N)c(-c3ccc4c(c3)OC[C@@H](COCc3ccccc3)NC4=O)c2)cc1. The number of pyridine rings is 1. The highest BCUT2D eigenvalue weighted by Crippen LogP contribution is 2.35. The van der Waals surface area contributed by atoms with Gasteiger partial charge in [-0.25, -0.2) is 13.4 Å². The van der Waals surface area contributed by atoms with Crippen molar-refractivity contribution in [1.82, 2.24) is 14.6 Å². The Morgan fingerprint density at radius 1 is 0.976 bits per heavy atom. The normalized spacial score (nSPS) is 16.8. The average Bonchev–Trinajstić information content (AvgIpc) is 3.86. The molecule has 3 N–H and O–H groups in total. The maximum atomic E-state index is 13.0. The summed E-state index contributed by atoms with van der Waals surface area (Å²) in [7, 11) is -1.90. The number of carbonyl (C=O) groups is 1. The molecule has 3 aromatic carbocycles. The third kappa shape index (κ3) is 5.87. The van der Waals surface area contributed by atoms with Gasteiger partial charge in [-0.3, -0.25) is 4.79 Å². The van der Waals surface area contributed by atoms with E-state index in [1.807, 2.05) is 42.5 Å². The number of rotatable bonds is 9. The van der Waals surface area contributed by atoms with Gasteiger partial charge >= 0.3 is 0 Å². The zero-order valence-corrected chi connectivity index (χ0v) is 24.0. The molecule has 0 bridgehead atoms. The zero-order chi connectivity index (χ0) is 29.3. The maximum absolute atomic E-state index is 13.0. The van der Waals surface area contributed by atoms with Crippen LogP contribution in [0.1, 0.15) is 28.8 Å². The number of fused-ring (bicyclic) bond motifs is 1. The lowest BCUT2D eigenvalue weighted by atomic mass is 9.99. The van der Waals surface area contributed by atoms with Crippen molar-refractivity contribution >= 4 is 21.7 Å². The lowest BCUT2D eigenvalue weighted by Gasteiger charge is -2.16. The summed E-state index contributed by atoms with van der Waals surface area (Å²) in [6.07, 6.45) is 3.46. The van der Waals surface area contributed by atoms with E-state index < -0.39 is 10.0 Å². The van der Waals surface area contributed by atoms with Gasteiger partial charge < -0.3 is 20.5 Å². The van der Waals surface area contributed by atoms with E-state index >= 15 is 0 Å². The van der Waals surface area contributed by atoms with E-state index in [1.54, 1.807) is 49.6 Å². The Bertz CT molecular complexity index is 1710. The third-order valence-corrected chi connectivity index (χ3v) is 9.51. The molecule has 1 aromatic heterocycles. The van der Waals surface area contributed by atoms with Gasteiger partial charge in [-0.05, 0) is 59.9 Å². The van der Waals surface area contributed by atoms with Gasteiger partial charge in [0.1, 0.15) is 18.2 Å². The average molecular weight is 585 g/mol. The van der Waals surface area contributed by atoms with Crippen LogP contribution in [0.2, 0.25) is 0 Å². The van der Waals surface area contributed by atoms with Crippen LogP contribution in [0.4, 0.5) is 5.82 Å². The summed E-state index contributed by atoms with van der Waals surface area (Å²) in [4.78, 5) is 17.6. The van der Waals surface area contributed by atoms with E-state index in [0.717, 1.165) is 35.1 Å². The van der Waals surface area contributed by atoms with E-state index in [9.17, 15) is 13.2 Å². The minimum absolute atomic E-state index is 0.0911. The molecule has 10 heteroatoms. The number of sulfonamides is 1. The molecule has 0 saturated heterocycles. The molecule has 42 heavy (non-hydrogen) atoms. The van der Waals surface area contributed by atoms with E-state index in [1.165, 1.54) is 4.31 Å². The second-order valence-electron chi connectivity index (χ2n) is 10.6. The Hall–Kier alpha value is -4.25. The summed E-state index contributed by atoms with van der Waals surface area (Å²) >= 11 is 0. The van der Waals surface area contributed by atoms with Gasteiger partial charge in [0.15, 0.2) is 0 Å². The van der Waals surface area contributed by atoms with Crippen LogP contribution in [0.3, 0.4) is 0 Å². The van der Waals surface area contributed by atoms with Gasteiger partial charge in [0.25, 0.3) is 5.91 Å². The van der Waals surface area contributed by atoms with Crippen molar-refractivity contribution in [3.63, 3.8) is 0 Å². The Morgan fingerprint density at radius 2 is 1.71 bits per heavy atom. The van der Waals surface area contributed by atoms with Crippen LogP contribution in [0.5, 0.6) is 5.75 Å². The number of ether oxygens (including phenoxy) is 2. The molecule has 1 atom stereocenters. The second-order valence-corrected chi connectivity index (χ2v) is 12.6. The summed E-state index contributed by atoms with van der Waals surface area (Å²) in [5.74, 6) is 0.550. The van der Waals surface area contributed by atoms with Gasteiger partial charge in [-0.15, -0.1) is 0 Å². The van der Waals surface area contributed by atoms with Crippen LogP contribution < -0.4 is 15.8 Å². The fraction of sp³-hybridized carbons (Fsp3) is 0.250. The van der Waals surface area contributed by atoms with Crippen LogP contribution in [0.15, 0.2) is 90.0 Å². The largest absolute Gasteiger partial charge is 0.490 e. The molecule has 4 aromatic rings. The number of hydrogen-bond acceptors (Lipinski definition) is 7. The molecule has 1 aliphatic carbocycles. The first-order valence-electron chi connectivity index (χ1n) is 13.8. The number of benzene rings is 3. The standard InChI is InChI=1S/C32H32N4O5S/c1-36(26-10-11-26)42(38,39)27-12-7-22(8-13-27)24-15-29(31(33)34-17-24)23-9-14-28-30(16-23)41-20-25(35-32(28)37)19-40-18-21-5-3-2-4-6-21/h2-9,12-17,25-26H,10-11,18-20H2,1H3,(H2,33,34)(H,35,37)/t25-/m1/s1. The molecule has 1 fully saturated rings. The van der Waals surface area contributed by atoms with E-state index in [4.69, 9.17) is 15.2 Å². The Balaban J connectivity index is 1.18. The van der Waals surface area contributed by atoms with Crippen molar-refractivity contribution in [3.05, 3.63) is 96.2 Å². The number of nitrogens with two attached hydrogens (primary N) is 1. The molecule has 2 heterocycles. The molecular formula is C32H32N4O5S. The highest BCUT2D eigenvalue weighted by molar-refractivity contribution is 7.89. The quantitative estimate of drug-likeness (QED) is 0.297. The third-order valence-electron chi connectivity index (χ3n) is 7.59. The fourth-order valence-corrected chi connectivity index (χ4v) is 6.38. The van der Waals surface area contributed by atoms with E-state index in [-0.39, 0.29) is 29.5 Å². The number of nitrogens with zero attached hydrogens (tertiary/aromatic N) is 2. The number of hydrogen-bond donors (Lipinski definition) is 2. The van der Waals surface area contributed by atoms with Gasteiger partial charge in [-0.1, -0.05) is 48.5 Å². The van der Waals surface area contributed by atoms with Crippen molar-refractivity contribution in [1.29, 1.82) is 0 Å². The van der Waals surface area contributed by atoms with Crippen molar-refractivity contribution in [2.45, 2.75) is 36.4 Å². The minimum atomic E-state index is -3.53. The Morgan fingerprint density at radius 3 is 2.45 bits per heavy atom. The van der Waals surface area contributed by atoms with Crippen LogP contribution in [0, 0.1) is 0 Å². The predicted octanol–water partition coefficient (Wildman–Crippen LogP) is 4.49. The van der Waals surface area contributed by atoms with Crippen molar-refractivity contribution in [2.75, 3.05) is 26.0 Å². The second kappa shape index (κ2) is 11.6. The molecule has 1 saturated carbocycles. The first-order valence-corrected chi connectivity index (χ1v) is 15.3. The first kappa shape index (κ1) is 27.9. The van der Waals surface area contributed by atoms with Crippen molar-refractivity contribution in [3.8, 4) is 28.0 Å². The van der Waals surface area contributed by atoms with Gasteiger partial charge in [0, 0.05) is 30.4 Å². The van der Waals surface area contributed by atoms with Crippen LogP contribution >= 0.6 is 0 Å². The molecule has 0 unspecified atom stereocenters. The summed E-state index contributed by atoms with van der Waals surface area (Å²) < 4.78 is 39.1. The topological polar surface area (TPSA) is 124 Å². The smallest absolute Gasteiger partial charge is 0.255 e. The number of nitrogens with one attached hydrogen (secondary N) is 1. The summed E-state index contributed by atoms with van der Waals surface area (Å²) in [6.45, 7) is 1.02. The van der Waals surface area contributed by atoms with E-state index in [0.29, 0.717) is 35.9 Å². The lowest BCUT2D eigenvalue weighted by Crippen LogP contribution is -2.40. The maximum Gasteiger partial charge on any atom is 0.255 e. The first-order chi connectivity index (χ1) is 20.3. The van der Waals surface area contributed by atoms with Gasteiger partial charge in [0.05, 0.1) is 29.7 Å². The molecule has 2 aliphatic rings. The fourth-order valence-electron chi connectivity index (χ4n) is 4.96. The molecule has 0 spiro atoms. The molecule has 0 radical (unpaired) electrons. The highest BCUT2D eigenvalue weighted by Gasteiger charge is 2.35. The minimum Gasteiger partial charge on any atom is -0.490 e. The molecule has 9 nitrogen and oxygen atoms in total. The zero-order valence-electron chi connectivity index (χ0n) is 23.2. The van der Waals surface area contributed by atoms with Crippen molar-refractivity contribution < 1.29 is 22.7 Å². The number of nitrogen functional groups attached to an aromatic ring is 1. The van der Waals surface area contributed by atoms with Crippen LogP contribution in [-0.4, -0.2) is 56.0 Å². The molecule has 1 amide bonds. The van der Waals surface area contributed by atoms with Crippen LogP contribution in [0.25, 0.3) is 22.3 Å². The summed E-state index contributed by atoms with van der Waals surface area (Å²) in [5, 5.41) is 2.98. The number of amides is 1. The van der Waals surface area contributed by atoms with Crippen LogP contribution in [-0.2, 0) is 21.4 Å². The molecular weight excluding hydrogens is 552 g/mol. The molecule has 6 rings (SSSR count). The summed E-state index contributed by atoms with van der Waals surface area (Å²) in [6, 6.07) is 23.7. The Labute approximate surface area is 245 Å². The predicted molar refractivity (Wildman–Crippen MR) is 160 cm³/mol. The van der Waals surface area contributed by atoms with Gasteiger partial charge in [-0.2, -0.15) is 4.31 Å². The lowest BCUT2D eigenvalue weighted by molar-refractivity contribution is 0.0741. The van der Waals surface area contributed by atoms with E-state index in [2.05, 4.69) is 10.3 Å². The highest BCUT2D eigenvalue weighted by atomic mass is 32.2. The molecule has 216 valence electrons. The number of carbonyl (C=O) groups excluding carboxylic acids is 1. The molecule has 1 aliphatic heterocycles. The van der Waals surface area contributed by atoms with Crippen molar-refractivity contribution in [2.24, 2.45) is 0 Å². The van der Waals surface area contributed by atoms with Gasteiger partial charge in [0.2, 0.25) is 10.0 Å². The Kier molecular flexibility index (Phi) is 7.68.